The Balaban J connectivity index is 3.07. The zero-order valence-corrected chi connectivity index (χ0v) is 12.5. The highest BCUT2D eigenvalue weighted by atomic mass is 35.5. The molecule has 0 saturated carbocycles. The van der Waals surface area contributed by atoms with Crippen LogP contribution in [0.15, 0.2) is 18.2 Å². The van der Waals surface area contributed by atoms with Crippen LogP contribution in [0, 0.1) is 0 Å². The molecule has 0 aliphatic rings. The van der Waals surface area contributed by atoms with Gasteiger partial charge in [0, 0.05) is 21.5 Å². The van der Waals surface area contributed by atoms with Crippen molar-refractivity contribution in [3.63, 3.8) is 0 Å². The van der Waals surface area contributed by atoms with Crippen LogP contribution in [0.2, 0.25) is 10.0 Å². The van der Waals surface area contributed by atoms with Gasteiger partial charge in [-0.3, -0.25) is 0 Å². The number of benzene rings is 1. The van der Waals surface area contributed by atoms with Gasteiger partial charge in [0.05, 0.1) is 11.3 Å². The molecule has 2 atom stereocenters. The summed E-state index contributed by atoms with van der Waals surface area (Å²) >= 11 is 29.2. The van der Waals surface area contributed by atoms with Crippen molar-refractivity contribution in [2.75, 3.05) is 11.8 Å². The minimum Gasteiger partial charge on any atom is -0.384 e. The average Bonchev–Trinajstić information content (AvgIpc) is 2.28. The monoisotopic (exact) mass is 334 g/mol. The number of hydrogen-bond acceptors (Lipinski definition) is 1. The smallest absolute Gasteiger partial charge is 0.106 e. The summed E-state index contributed by atoms with van der Waals surface area (Å²) in [4.78, 5) is 0. The molecule has 0 aliphatic heterocycles. The van der Waals surface area contributed by atoms with Gasteiger partial charge in [0.15, 0.2) is 0 Å². The predicted molar refractivity (Wildman–Crippen MR) is 76.1 cm³/mol. The second-order valence-electron chi connectivity index (χ2n) is 3.75. The Morgan fingerprint density at radius 3 is 2.35 bits per heavy atom. The maximum atomic E-state index is 10.5. The van der Waals surface area contributed by atoms with Crippen molar-refractivity contribution in [3.05, 3.63) is 33.8 Å². The van der Waals surface area contributed by atoms with E-state index in [0.717, 1.165) is 0 Å². The summed E-state index contributed by atoms with van der Waals surface area (Å²) in [6.45, 7) is 0. The topological polar surface area (TPSA) is 20.2 Å². The Labute approximate surface area is 126 Å². The summed E-state index contributed by atoms with van der Waals surface area (Å²) in [6.07, 6.45) is 0.225. The molecule has 6 heteroatoms. The third-order valence-corrected chi connectivity index (χ3v) is 4.21. The minimum atomic E-state index is -1.30. The van der Waals surface area contributed by atoms with Gasteiger partial charge >= 0.3 is 0 Å². The lowest BCUT2D eigenvalue weighted by atomic mass is 9.91. The molecule has 0 amide bonds. The van der Waals surface area contributed by atoms with Crippen LogP contribution in [0.5, 0.6) is 0 Å². The molecule has 2 unspecified atom stereocenters. The molecule has 17 heavy (non-hydrogen) atoms. The summed E-state index contributed by atoms with van der Waals surface area (Å²) in [5.41, 5.74) is -0.792. The fourth-order valence-corrected chi connectivity index (χ4v) is 2.73. The van der Waals surface area contributed by atoms with Crippen molar-refractivity contribution in [1.82, 2.24) is 0 Å². The highest BCUT2D eigenvalue weighted by Gasteiger charge is 2.33. The zero-order chi connectivity index (χ0) is 13.1. The van der Waals surface area contributed by atoms with Gasteiger partial charge in [-0.05, 0) is 18.6 Å². The third kappa shape index (κ3) is 4.05. The highest BCUT2D eigenvalue weighted by molar-refractivity contribution is 6.35. The van der Waals surface area contributed by atoms with Crippen LogP contribution >= 0.6 is 58.0 Å². The Kier molecular flexibility index (Phi) is 6.18. The molecule has 0 radical (unpaired) electrons. The van der Waals surface area contributed by atoms with Gasteiger partial charge in [0.2, 0.25) is 0 Å². The summed E-state index contributed by atoms with van der Waals surface area (Å²) in [6, 6.07) is 4.84. The van der Waals surface area contributed by atoms with Crippen LogP contribution in [0.25, 0.3) is 0 Å². The van der Waals surface area contributed by atoms with E-state index >= 15 is 0 Å². The number of halogens is 5. The molecule has 1 rings (SSSR count). The first-order valence-electron chi connectivity index (χ1n) is 4.87. The third-order valence-electron chi connectivity index (χ3n) is 2.38. The molecule has 0 aliphatic carbocycles. The van der Waals surface area contributed by atoms with Gasteiger partial charge in [0.1, 0.15) is 5.60 Å². The van der Waals surface area contributed by atoms with E-state index in [2.05, 4.69) is 0 Å². The molecule has 1 aromatic carbocycles. The van der Waals surface area contributed by atoms with Gasteiger partial charge in [-0.25, -0.2) is 0 Å². The van der Waals surface area contributed by atoms with E-state index in [0.29, 0.717) is 15.6 Å². The molecule has 1 nitrogen and oxygen atoms in total. The number of alkyl halides is 3. The molecular formula is C11H11Cl5O. The molecular weight excluding hydrogens is 325 g/mol. The van der Waals surface area contributed by atoms with E-state index < -0.39 is 5.60 Å². The van der Waals surface area contributed by atoms with Crippen molar-refractivity contribution < 1.29 is 5.11 Å². The van der Waals surface area contributed by atoms with Crippen molar-refractivity contribution in [3.8, 4) is 0 Å². The molecule has 1 aromatic rings. The van der Waals surface area contributed by atoms with Gasteiger partial charge < -0.3 is 5.11 Å². The molecule has 0 heterocycles. The van der Waals surface area contributed by atoms with E-state index in [1.807, 2.05) is 0 Å². The minimum absolute atomic E-state index is 0.0194. The number of rotatable bonds is 5. The molecule has 0 spiro atoms. The molecule has 0 aromatic heterocycles. The normalized spacial score (nSPS) is 16.6. The quantitative estimate of drug-likeness (QED) is 0.776. The van der Waals surface area contributed by atoms with Crippen LogP contribution in [0.1, 0.15) is 12.0 Å². The predicted octanol–water partition coefficient (Wildman–Crippen LogP) is 4.66. The van der Waals surface area contributed by atoms with Crippen LogP contribution < -0.4 is 0 Å². The van der Waals surface area contributed by atoms with Crippen LogP contribution in [0.3, 0.4) is 0 Å². The van der Waals surface area contributed by atoms with Crippen molar-refractivity contribution in [1.29, 1.82) is 0 Å². The van der Waals surface area contributed by atoms with E-state index in [1.165, 1.54) is 0 Å². The Bertz CT molecular complexity index is 384. The second kappa shape index (κ2) is 6.70. The van der Waals surface area contributed by atoms with Crippen molar-refractivity contribution in [2.45, 2.75) is 17.4 Å². The Morgan fingerprint density at radius 2 is 1.88 bits per heavy atom. The van der Waals surface area contributed by atoms with E-state index in [1.54, 1.807) is 18.2 Å². The highest BCUT2D eigenvalue weighted by Crippen LogP contribution is 2.35. The summed E-state index contributed by atoms with van der Waals surface area (Å²) in [5.74, 6) is 0.209. The van der Waals surface area contributed by atoms with Gasteiger partial charge in [-0.1, -0.05) is 29.3 Å². The number of aliphatic hydroxyl groups is 1. The summed E-state index contributed by atoms with van der Waals surface area (Å²) < 4.78 is 0. The molecule has 0 saturated heterocycles. The lowest BCUT2D eigenvalue weighted by Gasteiger charge is -2.28. The average molecular weight is 336 g/mol. The van der Waals surface area contributed by atoms with Crippen LogP contribution in [-0.2, 0) is 5.60 Å². The fraction of sp³-hybridized carbons (Fsp3) is 0.455. The SMILES string of the molecule is OC(CCl)(CC(Cl)CCl)c1ccc(Cl)cc1Cl. The fourth-order valence-electron chi connectivity index (χ4n) is 1.52. The lowest BCUT2D eigenvalue weighted by molar-refractivity contribution is 0.0521. The standard InChI is InChI=1S/C11H11Cl5O/c12-5-8(15)4-11(17,6-13)9-2-1-7(14)3-10(9)16/h1-3,8,17H,4-6H2. The van der Waals surface area contributed by atoms with Gasteiger partial charge in [-0.2, -0.15) is 0 Å². The molecule has 96 valence electrons. The van der Waals surface area contributed by atoms with Gasteiger partial charge in [-0.15, -0.1) is 34.8 Å². The first-order chi connectivity index (χ1) is 7.92. The second-order valence-corrected chi connectivity index (χ2v) is 5.78. The summed E-state index contributed by atoms with van der Waals surface area (Å²) in [7, 11) is 0. The Morgan fingerprint density at radius 1 is 1.24 bits per heavy atom. The maximum absolute atomic E-state index is 10.5. The van der Waals surface area contributed by atoms with E-state index in [9.17, 15) is 5.11 Å². The lowest BCUT2D eigenvalue weighted by Crippen LogP contribution is -2.32. The van der Waals surface area contributed by atoms with E-state index in [-0.39, 0.29) is 23.6 Å². The maximum Gasteiger partial charge on any atom is 0.106 e. The first kappa shape index (κ1) is 15.7. The van der Waals surface area contributed by atoms with Crippen molar-refractivity contribution >= 4 is 58.0 Å². The summed E-state index contributed by atoms with van der Waals surface area (Å²) in [5, 5.41) is 10.9. The first-order valence-corrected chi connectivity index (χ1v) is 7.13. The van der Waals surface area contributed by atoms with Crippen LogP contribution in [-0.4, -0.2) is 22.2 Å². The van der Waals surface area contributed by atoms with Gasteiger partial charge in [0.25, 0.3) is 0 Å². The van der Waals surface area contributed by atoms with Crippen LogP contribution in [0.4, 0.5) is 0 Å². The molecule has 1 N–H and O–H groups in total. The van der Waals surface area contributed by atoms with E-state index in [4.69, 9.17) is 58.0 Å². The Hall–Kier alpha value is 0.630. The largest absolute Gasteiger partial charge is 0.384 e. The molecule has 0 bridgehead atoms. The molecule has 0 fully saturated rings. The zero-order valence-electron chi connectivity index (χ0n) is 8.77. The van der Waals surface area contributed by atoms with Crippen molar-refractivity contribution in [2.24, 2.45) is 0 Å². The number of hydrogen-bond donors (Lipinski definition) is 1.